The lowest BCUT2D eigenvalue weighted by Crippen LogP contribution is -2.27. The summed E-state index contributed by atoms with van der Waals surface area (Å²) in [5.41, 5.74) is -1.29. The fourth-order valence-electron chi connectivity index (χ4n) is 3.25. The summed E-state index contributed by atoms with van der Waals surface area (Å²) >= 11 is 0. The molecule has 1 amide bonds. The number of aryl methyl sites for hydroxylation is 1. The van der Waals surface area contributed by atoms with E-state index in [1.54, 1.807) is 0 Å². The third-order valence-corrected chi connectivity index (χ3v) is 6.90. The molecule has 1 atom stereocenters. The maximum Gasteiger partial charge on any atom is 0.269 e. The molecule has 0 saturated carbocycles. The van der Waals surface area contributed by atoms with Gasteiger partial charge in [0.25, 0.3) is 5.91 Å². The van der Waals surface area contributed by atoms with Gasteiger partial charge in [0.2, 0.25) is 0 Å². The number of halogens is 4. The van der Waals surface area contributed by atoms with Crippen LogP contribution in [0.1, 0.15) is 32.4 Å². The second-order valence-corrected chi connectivity index (χ2v) is 9.07. The van der Waals surface area contributed by atoms with E-state index in [2.05, 4.69) is 10.3 Å². The molecule has 1 unspecified atom stereocenters. The Morgan fingerprint density at radius 1 is 1.06 bits per heavy atom. The van der Waals surface area contributed by atoms with Gasteiger partial charge in [-0.25, -0.2) is 26.0 Å². The molecule has 0 fully saturated rings. The van der Waals surface area contributed by atoms with Crippen molar-refractivity contribution in [3.8, 4) is 0 Å². The highest BCUT2D eigenvalue weighted by Crippen LogP contribution is 2.39. The third kappa shape index (κ3) is 4.88. The van der Waals surface area contributed by atoms with Crippen LogP contribution in [-0.2, 0) is 9.84 Å². The number of aliphatic hydroxyl groups excluding tert-OH is 1. The Balaban J connectivity index is 2.24. The van der Waals surface area contributed by atoms with E-state index in [0.717, 1.165) is 30.5 Å². The SMILES string of the molecule is Cc1cc(C(=O)NCCO)ncc1C(c1c(F)ccc(F)c1F)S(=O)(=O)c1ccc(F)cc1. The monoisotopic (exact) mass is 482 g/mol. The molecule has 0 aliphatic heterocycles. The quantitative estimate of drug-likeness (QED) is 0.306. The van der Waals surface area contributed by atoms with Gasteiger partial charge >= 0.3 is 0 Å². The predicted octanol–water partition coefficient (Wildman–Crippen LogP) is 3.23. The first-order valence-electron chi connectivity index (χ1n) is 9.56. The molecule has 0 aliphatic rings. The number of nitrogens with zero attached hydrogens (tertiary/aromatic N) is 1. The van der Waals surface area contributed by atoms with Crippen LogP contribution in [0.2, 0.25) is 0 Å². The summed E-state index contributed by atoms with van der Waals surface area (Å²) in [6.45, 7) is 1.02. The molecule has 33 heavy (non-hydrogen) atoms. The van der Waals surface area contributed by atoms with Gasteiger partial charge in [0.05, 0.1) is 11.5 Å². The number of hydrogen-bond acceptors (Lipinski definition) is 5. The lowest BCUT2D eigenvalue weighted by molar-refractivity contribution is 0.0939. The molecule has 0 spiro atoms. The summed E-state index contributed by atoms with van der Waals surface area (Å²) < 4.78 is 83.7. The smallest absolute Gasteiger partial charge is 0.269 e. The molecule has 0 bridgehead atoms. The van der Waals surface area contributed by atoms with Crippen molar-refractivity contribution < 1.29 is 35.9 Å². The maximum atomic E-state index is 14.7. The zero-order chi connectivity index (χ0) is 24.3. The van der Waals surface area contributed by atoms with Crippen molar-refractivity contribution >= 4 is 15.7 Å². The van der Waals surface area contributed by atoms with Crippen LogP contribution < -0.4 is 5.32 Å². The number of benzene rings is 2. The van der Waals surface area contributed by atoms with Crippen LogP contribution in [0.15, 0.2) is 53.6 Å². The minimum Gasteiger partial charge on any atom is -0.395 e. The van der Waals surface area contributed by atoms with Crippen molar-refractivity contribution in [1.29, 1.82) is 0 Å². The molecule has 0 aliphatic carbocycles. The Morgan fingerprint density at radius 3 is 2.30 bits per heavy atom. The van der Waals surface area contributed by atoms with Crippen LogP contribution in [0, 0.1) is 30.2 Å². The number of carbonyl (C=O) groups excluding carboxylic acids is 1. The number of hydrogen-bond donors (Lipinski definition) is 2. The largest absolute Gasteiger partial charge is 0.395 e. The highest BCUT2D eigenvalue weighted by Gasteiger charge is 2.37. The van der Waals surface area contributed by atoms with Crippen LogP contribution in [0.3, 0.4) is 0 Å². The number of carbonyl (C=O) groups is 1. The molecule has 11 heteroatoms. The zero-order valence-electron chi connectivity index (χ0n) is 17.1. The van der Waals surface area contributed by atoms with E-state index in [-0.39, 0.29) is 30.0 Å². The average Bonchev–Trinajstić information content (AvgIpc) is 2.78. The van der Waals surface area contributed by atoms with Gasteiger partial charge in [0.1, 0.15) is 22.6 Å². The van der Waals surface area contributed by atoms with Crippen molar-refractivity contribution in [2.45, 2.75) is 17.1 Å². The Labute approximate surface area is 186 Å². The number of aliphatic hydroxyl groups is 1. The molecule has 1 heterocycles. The Kier molecular flexibility index (Phi) is 7.13. The van der Waals surface area contributed by atoms with Gasteiger partial charge in [-0.2, -0.15) is 0 Å². The van der Waals surface area contributed by atoms with Crippen LogP contribution in [0.25, 0.3) is 0 Å². The van der Waals surface area contributed by atoms with Crippen molar-refractivity contribution in [3.05, 3.63) is 94.3 Å². The number of amides is 1. The summed E-state index contributed by atoms with van der Waals surface area (Å²) in [5.74, 6) is -5.87. The second kappa shape index (κ2) is 9.67. The van der Waals surface area contributed by atoms with Gasteiger partial charge in [-0.15, -0.1) is 0 Å². The zero-order valence-corrected chi connectivity index (χ0v) is 18.0. The fourth-order valence-corrected chi connectivity index (χ4v) is 5.14. The van der Waals surface area contributed by atoms with Crippen LogP contribution >= 0.6 is 0 Å². The van der Waals surface area contributed by atoms with Crippen LogP contribution in [-0.4, -0.2) is 37.6 Å². The van der Waals surface area contributed by atoms with Crippen molar-refractivity contribution in [2.75, 3.05) is 13.2 Å². The summed E-state index contributed by atoms with van der Waals surface area (Å²) in [6.07, 6.45) is 0.957. The predicted molar refractivity (Wildman–Crippen MR) is 110 cm³/mol. The topological polar surface area (TPSA) is 96.4 Å². The summed E-state index contributed by atoms with van der Waals surface area (Å²) in [5, 5.41) is 9.11. The van der Waals surface area contributed by atoms with E-state index < -0.39 is 54.7 Å². The molecule has 0 saturated heterocycles. The number of sulfone groups is 1. The van der Waals surface area contributed by atoms with Crippen LogP contribution in [0.5, 0.6) is 0 Å². The minimum atomic E-state index is -4.64. The molecule has 3 aromatic rings. The van der Waals surface area contributed by atoms with Gasteiger partial charge in [0, 0.05) is 18.3 Å². The lowest BCUT2D eigenvalue weighted by Gasteiger charge is -2.22. The average molecular weight is 482 g/mol. The van der Waals surface area contributed by atoms with Gasteiger partial charge in [-0.05, 0) is 60.5 Å². The number of nitrogens with one attached hydrogen (secondary N) is 1. The number of rotatable bonds is 7. The summed E-state index contributed by atoms with van der Waals surface area (Å²) in [4.78, 5) is 15.5. The molecule has 3 rings (SSSR count). The van der Waals surface area contributed by atoms with Crippen molar-refractivity contribution in [2.24, 2.45) is 0 Å². The maximum absolute atomic E-state index is 14.7. The van der Waals surface area contributed by atoms with Gasteiger partial charge in [-0.3, -0.25) is 9.78 Å². The highest BCUT2D eigenvalue weighted by atomic mass is 32.2. The first-order valence-corrected chi connectivity index (χ1v) is 11.1. The molecule has 6 nitrogen and oxygen atoms in total. The summed E-state index contributed by atoms with van der Waals surface area (Å²) in [6, 6.07) is 5.89. The molecule has 0 radical (unpaired) electrons. The van der Waals surface area contributed by atoms with E-state index in [1.807, 2.05) is 0 Å². The molecule has 174 valence electrons. The van der Waals surface area contributed by atoms with Gasteiger partial charge in [-0.1, -0.05) is 0 Å². The number of aromatic nitrogens is 1. The Hall–Kier alpha value is -3.31. The fraction of sp³-hybridized carbons (Fsp3) is 0.182. The normalized spacial score (nSPS) is 12.4. The highest BCUT2D eigenvalue weighted by molar-refractivity contribution is 7.92. The molecule has 2 N–H and O–H groups in total. The molecular formula is C22H18F4N2O4S. The van der Waals surface area contributed by atoms with E-state index in [4.69, 9.17) is 5.11 Å². The first-order chi connectivity index (χ1) is 15.6. The molecular weight excluding hydrogens is 464 g/mol. The van der Waals surface area contributed by atoms with E-state index in [0.29, 0.717) is 12.1 Å². The Bertz CT molecular complexity index is 1300. The van der Waals surface area contributed by atoms with E-state index in [9.17, 15) is 30.8 Å². The van der Waals surface area contributed by atoms with Gasteiger partial charge in [0.15, 0.2) is 21.5 Å². The summed E-state index contributed by atoms with van der Waals surface area (Å²) in [7, 11) is -4.64. The number of pyridine rings is 1. The second-order valence-electron chi connectivity index (χ2n) is 7.04. The van der Waals surface area contributed by atoms with E-state index >= 15 is 0 Å². The first kappa shape index (κ1) is 24.3. The van der Waals surface area contributed by atoms with Gasteiger partial charge < -0.3 is 10.4 Å². The van der Waals surface area contributed by atoms with Crippen molar-refractivity contribution in [3.63, 3.8) is 0 Å². The van der Waals surface area contributed by atoms with E-state index in [1.165, 1.54) is 13.0 Å². The third-order valence-electron chi connectivity index (χ3n) is 4.86. The molecule has 2 aromatic carbocycles. The van der Waals surface area contributed by atoms with Crippen LogP contribution in [0.4, 0.5) is 17.6 Å². The minimum absolute atomic E-state index is 0.0530. The molecule has 1 aromatic heterocycles. The Morgan fingerprint density at radius 2 is 1.70 bits per heavy atom. The van der Waals surface area contributed by atoms with Crippen molar-refractivity contribution in [1.82, 2.24) is 10.3 Å². The lowest BCUT2D eigenvalue weighted by atomic mass is 10.00. The standard InChI is InChI=1S/C22H18F4N2O4S/c1-12-10-18(22(30)27-8-9-29)28-11-15(12)21(19-16(24)6-7-17(25)20(19)26)33(31,32)14-4-2-13(23)3-5-14/h2-7,10-11,21,29H,8-9H2,1H3,(H,27,30).